The van der Waals surface area contributed by atoms with Crippen LogP contribution in [-0.2, 0) is 0 Å². The number of aromatic amines is 1. The fourth-order valence-electron chi connectivity index (χ4n) is 2.08. The molecule has 3 rings (SSSR count). The van der Waals surface area contributed by atoms with Crippen molar-refractivity contribution in [2.45, 2.75) is 20.3 Å². The molecule has 5 nitrogen and oxygen atoms in total. The van der Waals surface area contributed by atoms with Crippen molar-refractivity contribution in [2.75, 3.05) is 11.9 Å². The number of nitrogens with zero attached hydrogens (tertiary/aromatic N) is 3. The Balaban J connectivity index is 2.11. The van der Waals surface area contributed by atoms with Crippen molar-refractivity contribution in [1.29, 1.82) is 0 Å². The highest BCUT2D eigenvalue weighted by atomic mass is 15.2. The molecule has 0 saturated heterocycles. The van der Waals surface area contributed by atoms with Crippen LogP contribution in [0.1, 0.15) is 18.9 Å². The van der Waals surface area contributed by atoms with Gasteiger partial charge >= 0.3 is 0 Å². The molecular weight excluding hydrogens is 250 g/mol. The predicted octanol–water partition coefficient (Wildman–Crippen LogP) is 3.15. The van der Waals surface area contributed by atoms with E-state index in [1.807, 2.05) is 0 Å². The van der Waals surface area contributed by atoms with E-state index in [1.165, 1.54) is 5.56 Å². The number of H-pyrrole nitrogens is 1. The molecule has 0 atom stereocenters. The number of benzene rings is 1. The second-order valence-electron chi connectivity index (χ2n) is 4.82. The fraction of sp³-hybridized carbons (Fsp3) is 0.267. The minimum atomic E-state index is 0.638. The first-order valence-electron chi connectivity index (χ1n) is 6.80. The summed E-state index contributed by atoms with van der Waals surface area (Å²) < 4.78 is 0. The zero-order valence-corrected chi connectivity index (χ0v) is 11.6. The highest BCUT2D eigenvalue weighted by molar-refractivity contribution is 5.90. The molecule has 0 bridgehead atoms. The topological polar surface area (TPSA) is 66.5 Å². The number of aryl methyl sites for hydroxylation is 1. The Labute approximate surface area is 117 Å². The van der Waals surface area contributed by atoms with Crippen LogP contribution in [0.3, 0.4) is 0 Å². The molecule has 20 heavy (non-hydrogen) atoms. The number of hydrogen-bond donors (Lipinski definition) is 2. The maximum Gasteiger partial charge on any atom is 0.225 e. The SMILES string of the molecule is CCCNc1nc(-c2ccc(C)cc2)c2cn[nH]c2n1. The van der Waals surface area contributed by atoms with E-state index in [4.69, 9.17) is 0 Å². The van der Waals surface area contributed by atoms with Gasteiger partial charge in [0, 0.05) is 12.1 Å². The zero-order chi connectivity index (χ0) is 13.9. The third-order valence-corrected chi connectivity index (χ3v) is 3.17. The molecule has 0 spiro atoms. The number of aromatic nitrogens is 4. The van der Waals surface area contributed by atoms with Crippen LogP contribution in [0.2, 0.25) is 0 Å². The highest BCUT2D eigenvalue weighted by Crippen LogP contribution is 2.26. The molecule has 5 heteroatoms. The Kier molecular flexibility index (Phi) is 3.33. The number of rotatable bonds is 4. The van der Waals surface area contributed by atoms with E-state index in [9.17, 15) is 0 Å². The molecule has 0 fully saturated rings. The van der Waals surface area contributed by atoms with Gasteiger partial charge in [-0.25, -0.2) is 4.98 Å². The smallest absolute Gasteiger partial charge is 0.225 e. The van der Waals surface area contributed by atoms with Crippen molar-refractivity contribution in [3.63, 3.8) is 0 Å². The summed E-state index contributed by atoms with van der Waals surface area (Å²) >= 11 is 0. The summed E-state index contributed by atoms with van der Waals surface area (Å²) in [6.07, 6.45) is 2.80. The zero-order valence-electron chi connectivity index (χ0n) is 11.6. The molecule has 2 heterocycles. The molecule has 1 aromatic carbocycles. The van der Waals surface area contributed by atoms with Gasteiger partial charge in [0.05, 0.1) is 17.3 Å². The van der Waals surface area contributed by atoms with Crippen LogP contribution in [0.4, 0.5) is 5.95 Å². The monoisotopic (exact) mass is 267 g/mol. The molecule has 0 unspecified atom stereocenters. The molecule has 0 aliphatic carbocycles. The van der Waals surface area contributed by atoms with Gasteiger partial charge in [-0.15, -0.1) is 0 Å². The summed E-state index contributed by atoms with van der Waals surface area (Å²) in [6, 6.07) is 8.33. The van der Waals surface area contributed by atoms with Gasteiger partial charge in [-0.05, 0) is 13.3 Å². The number of nitrogens with one attached hydrogen (secondary N) is 2. The molecule has 0 radical (unpaired) electrons. The maximum absolute atomic E-state index is 4.63. The van der Waals surface area contributed by atoms with Gasteiger partial charge in [-0.3, -0.25) is 5.10 Å². The first-order chi connectivity index (χ1) is 9.78. The van der Waals surface area contributed by atoms with Crippen molar-refractivity contribution in [2.24, 2.45) is 0 Å². The van der Waals surface area contributed by atoms with Crippen LogP contribution in [-0.4, -0.2) is 26.7 Å². The van der Waals surface area contributed by atoms with Gasteiger partial charge in [-0.1, -0.05) is 36.8 Å². The van der Waals surface area contributed by atoms with Crippen LogP contribution in [0.5, 0.6) is 0 Å². The Bertz CT molecular complexity index is 715. The summed E-state index contributed by atoms with van der Waals surface area (Å²) in [5, 5.41) is 11.2. The van der Waals surface area contributed by atoms with Gasteiger partial charge in [0.15, 0.2) is 5.65 Å². The van der Waals surface area contributed by atoms with E-state index >= 15 is 0 Å². The van der Waals surface area contributed by atoms with E-state index < -0.39 is 0 Å². The Morgan fingerprint density at radius 1 is 1.15 bits per heavy atom. The second-order valence-corrected chi connectivity index (χ2v) is 4.82. The molecule has 2 N–H and O–H groups in total. The van der Waals surface area contributed by atoms with Crippen LogP contribution in [0.15, 0.2) is 30.5 Å². The van der Waals surface area contributed by atoms with Gasteiger partial charge < -0.3 is 5.32 Å². The molecule has 102 valence electrons. The first kappa shape index (κ1) is 12.6. The van der Waals surface area contributed by atoms with Gasteiger partial charge in [-0.2, -0.15) is 10.1 Å². The van der Waals surface area contributed by atoms with Crippen LogP contribution >= 0.6 is 0 Å². The summed E-state index contributed by atoms with van der Waals surface area (Å²) in [7, 11) is 0. The second kappa shape index (κ2) is 5.28. The quantitative estimate of drug-likeness (QED) is 0.762. The Morgan fingerprint density at radius 2 is 1.95 bits per heavy atom. The van der Waals surface area contributed by atoms with Gasteiger partial charge in [0.2, 0.25) is 5.95 Å². The average Bonchev–Trinajstić information content (AvgIpc) is 2.93. The maximum atomic E-state index is 4.63. The largest absolute Gasteiger partial charge is 0.354 e. The summed E-state index contributed by atoms with van der Waals surface area (Å²) in [4.78, 5) is 9.06. The third kappa shape index (κ3) is 2.34. The van der Waals surface area contributed by atoms with Crippen molar-refractivity contribution in [3.05, 3.63) is 36.0 Å². The molecule has 0 amide bonds. The average molecular weight is 267 g/mol. The van der Waals surface area contributed by atoms with Crippen molar-refractivity contribution >= 4 is 17.0 Å². The standard InChI is InChI=1S/C15H17N5/c1-3-8-16-15-18-13(11-6-4-10(2)5-7-11)12-9-17-20-14(12)19-15/h4-7,9H,3,8H2,1-2H3,(H2,16,17,18,19,20). The Morgan fingerprint density at radius 3 is 2.70 bits per heavy atom. The van der Waals surface area contributed by atoms with Crippen LogP contribution in [0.25, 0.3) is 22.3 Å². The Hall–Kier alpha value is -2.43. The number of hydrogen-bond acceptors (Lipinski definition) is 4. The minimum absolute atomic E-state index is 0.638. The lowest BCUT2D eigenvalue weighted by atomic mass is 10.1. The third-order valence-electron chi connectivity index (χ3n) is 3.17. The van der Waals surface area contributed by atoms with Crippen LogP contribution < -0.4 is 5.32 Å². The fourth-order valence-corrected chi connectivity index (χ4v) is 2.08. The first-order valence-corrected chi connectivity index (χ1v) is 6.80. The normalized spacial score (nSPS) is 10.9. The van der Waals surface area contributed by atoms with Gasteiger partial charge in [0.1, 0.15) is 0 Å². The molecule has 2 aromatic heterocycles. The lowest BCUT2D eigenvalue weighted by Gasteiger charge is -2.07. The summed E-state index contributed by atoms with van der Waals surface area (Å²) in [6.45, 7) is 5.04. The van der Waals surface area contributed by atoms with E-state index in [1.54, 1.807) is 6.20 Å². The summed E-state index contributed by atoms with van der Waals surface area (Å²) in [5.41, 5.74) is 3.97. The van der Waals surface area contributed by atoms with Crippen molar-refractivity contribution < 1.29 is 0 Å². The molecule has 0 aliphatic heterocycles. The van der Waals surface area contributed by atoms with Crippen molar-refractivity contribution in [3.8, 4) is 11.3 Å². The predicted molar refractivity (Wildman–Crippen MR) is 80.6 cm³/mol. The van der Waals surface area contributed by atoms with E-state index in [-0.39, 0.29) is 0 Å². The van der Waals surface area contributed by atoms with E-state index in [0.717, 1.165) is 35.3 Å². The molecule has 0 aliphatic rings. The van der Waals surface area contributed by atoms with Crippen LogP contribution in [0, 0.1) is 6.92 Å². The lowest BCUT2D eigenvalue weighted by molar-refractivity contribution is 0.955. The lowest BCUT2D eigenvalue weighted by Crippen LogP contribution is -2.05. The van der Waals surface area contributed by atoms with E-state index in [2.05, 4.69) is 63.6 Å². The molecular formula is C15H17N5. The molecule has 0 saturated carbocycles. The minimum Gasteiger partial charge on any atom is -0.354 e. The number of fused-ring (bicyclic) bond motifs is 1. The van der Waals surface area contributed by atoms with Gasteiger partial charge in [0.25, 0.3) is 0 Å². The van der Waals surface area contributed by atoms with Crippen molar-refractivity contribution in [1.82, 2.24) is 20.2 Å². The van der Waals surface area contributed by atoms with E-state index in [0.29, 0.717) is 5.95 Å². The summed E-state index contributed by atoms with van der Waals surface area (Å²) in [5.74, 6) is 0.638. The molecule has 3 aromatic rings. The highest BCUT2D eigenvalue weighted by Gasteiger charge is 2.11. The number of anilines is 1.